The number of aromatic nitrogens is 2. The zero-order valence-electron chi connectivity index (χ0n) is 6.10. The van der Waals surface area contributed by atoms with E-state index in [4.69, 9.17) is 16.6 Å². The fourth-order valence-electron chi connectivity index (χ4n) is 0.564. The van der Waals surface area contributed by atoms with Crippen molar-refractivity contribution in [2.24, 2.45) is 11.5 Å². The van der Waals surface area contributed by atoms with E-state index in [-0.39, 0.29) is 18.3 Å². The maximum absolute atomic E-state index is 10.5. The first-order valence-electron chi connectivity index (χ1n) is 3.15. The zero-order valence-corrected chi connectivity index (χ0v) is 6.10. The molecule has 1 atom stereocenters. The summed E-state index contributed by atoms with van der Waals surface area (Å²) in [4.78, 5) is 14.0. The van der Waals surface area contributed by atoms with Crippen LogP contribution in [0.1, 0.15) is 22.6 Å². The standard InChI is InChI=1S/C5H8N4O3/c6-2(1-10)5-8-4(3(7)11)9-12-5/h2,10H,1,6H2,(H2,7,11)/t2-/m0/s1. The van der Waals surface area contributed by atoms with Gasteiger partial charge in [-0.3, -0.25) is 4.79 Å². The third-order valence-corrected chi connectivity index (χ3v) is 1.18. The molecule has 0 spiro atoms. The van der Waals surface area contributed by atoms with Gasteiger partial charge >= 0.3 is 0 Å². The van der Waals surface area contributed by atoms with Gasteiger partial charge in [-0.05, 0) is 0 Å². The Hall–Kier alpha value is -1.47. The summed E-state index contributed by atoms with van der Waals surface area (Å²) in [6.07, 6.45) is 0. The lowest BCUT2D eigenvalue weighted by molar-refractivity contribution is 0.0987. The lowest BCUT2D eigenvalue weighted by atomic mass is 10.3. The minimum atomic E-state index is -0.796. The van der Waals surface area contributed by atoms with Gasteiger partial charge < -0.3 is 21.1 Å². The highest BCUT2D eigenvalue weighted by molar-refractivity contribution is 5.88. The highest BCUT2D eigenvalue weighted by atomic mass is 16.5. The van der Waals surface area contributed by atoms with Gasteiger partial charge in [-0.2, -0.15) is 4.98 Å². The van der Waals surface area contributed by atoms with Gasteiger partial charge in [0.2, 0.25) is 5.89 Å². The molecule has 1 aromatic rings. The van der Waals surface area contributed by atoms with Gasteiger partial charge in [-0.15, -0.1) is 0 Å². The number of primary amides is 1. The molecule has 7 nitrogen and oxygen atoms in total. The maximum Gasteiger partial charge on any atom is 0.290 e. The van der Waals surface area contributed by atoms with Crippen molar-refractivity contribution >= 4 is 5.91 Å². The lowest BCUT2D eigenvalue weighted by Gasteiger charge is -1.97. The molecular formula is C5H8N4O3. The number of carbonyl (C=O) groups excluding carboxylic acids is 1. The number of aliphatic hydroxyl groups excluding tert-OH is 1. The van der Waals surface area contributed by atoms with Crippen LogP contribution < -0.4 is 11.5 Å². The molecule has 0 aliphatic rings. The monoisotopic (exact) mass is 172 g/mol. The Morgan fingerprint density at radius 2 is 2.42 bits per heavy atom. The number of nitrogens with zero attached hydrogens (tertiary/aromatic N) is 2. The summed E-state index contributed by atoms with van der Waals surface area (Å²) >= 11 is 0. The molecule has 1 rings (SSSR count). The van der Waals surface area contributed by atoms with E-state index >= 15 is 0 Å². The normalized spacial score (nSPS) is 12.8. The van der Waals surface area contributed by atoms with Gasteiger partial charge in [0.05, 0.1) is 6.61 Å². The second-order valence-corrected chi connectivity index (χ2v) is 2.11. The SMILES string of the molecule is NC(=O)c1noc([C@@H](N)CO)n1. The molecule has 5 N–H and O–H groups in total. The minimum Gasteiger partial charge on any atom is -0.394 e. The second-order valence-electron chi connectivity index (χ2n) is 2.11. The predicted octanol–water partition coefficient (Wildman–Crippen LogP) is -1.84. The van der Waals surface area contributed by atoms with Crippen molar-refractivity contribution < 1.29 is 14.4 Å². The number of rotatable bonds is 3. The summed E-state index contributed by atoms with van der Waals surface area (Å²) in [5.74, 6) is -1.05. The quantitative estimate of drug-likeness (QED) is 0.491. The van der Waals surface area contributed by atoms with Gasteiger partial charge in [-0.1, -0.05) is 5.16 Å². The lowest BCUT2D eigenvalue weighted by Crippen LogP contribution is -2.16. The number of hydrogen-bond acceptors (Lipinski definition) is 6. The van der Waals surface area contributed by atoms with Crippen molar-refractivity contribution in [2.45, 2.75) is 6.04 Å². The number of nitrogens with two attached hydrogens (primary N) is 2. The summed E-state index contributed by atoms with van der Waals surface area (Å²) in [7, 11) is 0. The third-order valence-electron chi connectivity index (χ3n) is 1.18. The first kappa shape index (κ1) is 8.62. The van der Waals surface area contributed by atoms with Crippen molar-refractivity contribution in [3.05, 3.63) is 11.7 Å². The van der Waals surface area contributed by atoms with Crippen LogP contribution in [-0.4, -0.2) is 27.8 Å². The number of hydrogen-bond donors (Lipinski definition) is 3. The van der Waals surface area contributed by atoms with Gasteiger partial charge in [0.25, 0.3) is 11.7 Å². The van der Waals surface area contributed by atoms with Crippen LogP contribution in [0.15, 0.2) is 4.52 Å². The summed E-state index contributed by atoms with van der Waals surface area (Å²) in [5, 5.41) is 11.8. The van der Waals surface area contributed by atoms with Crippen LogP contribution in [-0.2, 0) is 0 Å². The molecule has 0 bridgehead atoms. The Morgan fingerprint density at radius 1 is 1.75 bits per heavy atom. The van der Waals surface area contributed by atoms with Gasteiger partial charge in [0.1, 0.15) is 6.04 Å². The Bertz CT molecular complexity index is 284. The smallest absolute Gasteiger partial charge is 0.290 e. The minimum absolute atomic E-state index is 0.00806. The molecule has 0 saturated carbocycles. The van der Waals surface area contributed by atoms with E-state index in [0.717, 1.165) is 0 Å². The van der Waals surface area contributed by atoms with Crippen molar-refractivity contribution in [3.63, 3.8) is 0 Å². The molecule has 1 aromatic heterocycles. The average molecular weight is 172 g/mol. The Kier molecular flexibility index (Phi) is 2.36. The number of amides is 1. The van der Waals surface area contributed by atoms with Crippen LogP contribution in [0, 0.1) is 0 Å². The molecule has 66 valence electrons. The molecule has 0 aromatic carbocycles. The topological polar surface area (TPSA) is 128 Å². The van der Waals surface area contributed by atoms with Crippen LogP contribution in [0.3, 0.4) is 0 Å². The van der Waals surface area contributed by atoms with E-state index in [9.17, 15) is 4.79 Å². The van der Waals surface area contributed by atoms with Crippen molar-refractivity contribution in [1.29, 1.82) is 0 Å². The van der Waals surface area contributed by atoms with E-state index in [1.54, 1.807) is 0 Å². The van der Waals surface area contributed by atoms with Crippen LogP contribution in [0.25, 0.3) is 0 Å². The van der Waals surface area contributed by atoms with Crippen molar-refractivity contribution in [2.75, 3.05) is 6.61 Å². The molecule has 0 fully saturated rings. The van der Waals surface area contributed by atoms with Gasteiger partial charge in [0.15, 0.2) is 0 Å². The Balaban J connectivity index is 2.84. The Labute approximate surface area is 67.3 Å². The number of carbonyl (C=O) groups is 1. The molecular weight excluding hydrogens is 164 g/mol. The molecule has 0 aliphatic carbocycles. The second kappa shape index (κ2) is 3.28. The highest BCUT2D eigenvalue weighted by Gasteiger charge is 2.15. The molecule has 1 heterocycles. The summed E-state index contributed by atoms with van der Waals surface area (Å²) < 4.78 is 4.53. The van der Waals surface area contributed by atoms with E-state index < -0.39 is 11.9 Å². The van der Waals surface area contributed by atoms with E-state index in [1.165, 1.54) is 0 Å². The molecule has 0 saturated heterocycles. The Morgan fingerprint density at radius 3 is 2.83 bits per heavy atom. The fraction of sp³-hybridized carbons (Fsp3) is 0.400. The molecule has 1 amide bonds. The number of aliphatic hydroxyl groups is 1. The van der Waals surface area contributed by atoms with Gasteiger partial charge in [-0.25, -0.2) is 0 Å². The van der Waals surface area contributed by atoms with Crippen LogP contribution in [0.5, 0.6) is 0 Å². The maximum atomic E-state index is 10.5. The van der Waals surface area contributed by atoms with E-state index in [1.807, 2.05) is 0 Å². The van der Waals surface area contributed by atoms with Crippen LogP contribution >= 0.6 is 0 Å². The predicted molar refractivity (Wildman–Crippen MR) is 36.8 cm³/mol. The van der Waals surface area contributed by atoms with Crippen molar-refractivity contribution in [3.8, 4) is 0 Å². The largest absolute Gasteiger partial charge is 0.394 e. The summed E-state index contributed by atoms with van der Waals surface area (Å²) in [5.41, 5.74) is 10.2. The summed E-state index contributed by atoms with van der Waals surface area (Å²) in [6, 6.07) is -0.773. The summed E-state index contributed by atoms with van der Waals surface area (Å²) in [6.45, 7) is -0.333. The van der Waals surface area contributed by atoms with Crippen molar-refractivity contribution in [1.82, 2.24) is 10.1 Å². The molecule has 7 heteroatoms. The molecule has 0 aliphatic heterocycles. The zero-order chi connectivity index (χ0) is 9.14. The fourth-order valence-corrected chi connectivity index (χ4v) is 0.564. The molecule has 0 unspecified atom stereocenters. The first-order valence-corrected chi connectivity index (χ1v) is 3.15. The average Bonchev–Trinajstić information content (AvgIpc) is 2.51. The first-order chi connectivity index (χ1) is 5.65. The highest BCUT2D eigenvalue weighted by Crippen LogP contribution is 2.05. The van der Waals surface area contributed by atoms with Crippen LogP contribution in [0.4, 0.5) is 0 Å². The van der Waals surface area contributed by atoms with Gasteiger partial charge in [0, 0.05) is 0 Å². The van der Waals surface area contributed by atoms with E-state index in [2.05, 4.69) is 14.7 Å². The molecule has 12 heavy (non-hydrogen) atoms. The van der Waals surface area contributed by atoms with E-state index in [0.29, 0.717) is 0 Å². The molecule has 0 radical (unpaired) electrons. The third kappa shape index (κ3) is 1.57. The van der Waals surface area contributed by atoms with Crippen LogP contribution in [0.2, 0.25) is 0 Å².